The van der Waals surface area contributed by atoms with Gasteiger partial charge < -0.3 is 20.7 Å². The average molecular weight is 220 g/mol. The molecule has 2 N–H and O–H groups in total. The third-order valence-electron chi connectivity index (χ3n) is 2.57. The molecule has 5 heteroatoms. The lowest BCUT2D eigenvalue weighted by Gasteiger charge is -2.29. The fourth-order valence-corrected chi connectivity index (χ4v) is 1.68. The molecular weight excluding hydrogens is 206 g/mol. The minimum Gasteiger partial charge on any atom is -0.383 e. The highest BCUT2D eigenvalue weighted by atomic mass is 16.5. The van der Waals surface area contributed by atoms with Gasteiger partial charge in [-0.05, 0) is 17.7 Å². The van der Waals surface area contributed by atoms with Crippen LogP contribution in [-0.2, 0) is 11.3 Å². The van der Waals surface area contributed by atoms with Crippen LogP contribution in [0.25, 0.3) is 0 Å². The molecule has 0 aromatic heterocycles. The van der Waals surface area contributed by atoms with E-state index in [2.05, 4.69) is 5.32 Å². The van der Waals surface area contributed by atoms with Crippen molar-refractivity contribution in [3.63, 3.8) is 0 Å². The first-order chi connectivity index (χ1) is 7.70. The zero-order valence-electron chi connectivity index (χ0n) is 9.12. The van der Waals surface area contributed by atoms with Crippen molar-refractivity contribution in [3.05, 3.63) is 23.8 Å². The Morgan fingerprint density at radius 3 is 3.12 bits per heavy atom. The predicted octanol–water partition coefficient (Wildman–Crippen LogP) is 1.59. The van der Waals surface area contributed by atoms with Gasteiger partial charge in [-0.3, -0.25) is 0 Å². The molecule has 0 fully saturated rings. The number of carbonyl (C=O) groups is 1. The standard InChI is InChI=1S/C11H14N3O2/c1-16-5-4-14-7-8-2-3-9(12)6-10(8)13-11(14)15/h2-3,6,12H,4-5,7H2,1H3,(H,13,15). The number of methoxy groups -OCH3 is 1. The summed E-state index contributed by atoms with van der Waals surface area (Å²) in [6, 6.07) is 5.14. The van der Waals surface area contributed by atoms with Crippen LogP contribution in [-0.4, -0.2) is 31.2 Å². The monoisotopic (exact) mass is 220 g/mol. The topological polar surface area (TPSA) is 65.4 Å². The SMILES string of the molecule is COCCN1Cc2ccc([NH])cc2NC1=O. The van der Waals surface area contributed by atoms with Crippen LogP contribution in [0, 0.1) is 0 Å². The van der Waals surface area contributed by atoms with Crippen molar-refractivity contribution < 1.29 is 9.53 Å². The summed E-state index contributed by atoms with van der Waals surface area (Å²) >= 11 is 0. The van der Waals surface area contributed by atoms with E-state index in [0.29, 0.717) is 25.4 Å². The number of hydrogen-bond acceptors (Lipinski definition) is 2. The molecule has 1 heterocycles. The fourth-order valence-electron chi connectivity index (χ4n) is 1.68. The Morgan fingerprint density at radius 2 is 2.38 bits per heavy atom. The third kappa shape index (κ3) is 2.09. The van der Waals surface area contributed by atoms with Crippen molar-refractivity contribution in [1.29, 1.82) is 0 Å². The van der Waals surface area contributed by atoms with Crippen LogP contribution in [0.5, 0.6) is 0 Å². The molecule has 0 saturated heterocycles. The number of anilines is 1. The highest BCUT2D eigenvalue weighted by Gasteiger charge is 2.21. The number of hydrogen-bond donors (Lipinski definition) is 1. The van der Waals surface area contributed by atoms with Gasteiger partial charge >= 0.3 is 6.03 Å². The predicted molar refractivity (Wildman–Crippen MR) is 60.5 cm³/mol. The molecule has 0 bridgehead atoms. The largest absolute Gasteiger partial charge is 0.383 e. The number of benzene rings is 1. The number of rotatable bonds is 3. The molecule has 0 unspecified atom stereocenters. The van der Waals surface area contributed by atoms with Gasteiger partial charge in [-0.1, -0.05) is 6.07 Å². The van der Waals surface area contributed by atoms with Crippen molar-refractivity contribution >= 4 is 17.4 Å². The number of carbonyl (C=O) groups excluding carboxylic acids is 1. The minimum atomic E-state index is -0.129. The first-order valence-electron chi connectivity index (χ1n) is 5.10. The van der Waals surface area contributed by atoms with Gasteiger partial charge in [0.2, 0.25) is 0 Å². The molecule has 5 nitrogen and oxygen atoms in total. The average Bonchev–Trinajstić information content (AvgIpc) is 2.26. The maximum absolute atomic E-state index is 11.7. The van der Waals surface area contributed by atoms with Crippen LogP contribution in [0.3, 0.4) is 0 Å². The maximum Gasteiger partial charge on any atom is 0.322 e. The molecule has 1 aromatic carbocycles. The van der Waals surface area contributed by atoms with Crippen molar-refractivity contribution in [1.82, 2.24) is 10.6 Å². The van der Waals surface area contributed by atoms with Crippen LogP contribution in [0.2, 0.25) is 0 Å². The third-order valence-corrected chi connectivity index (χ3v) is 2.57. The number of nitrogens with one attached hydrogen (secondary N) is 2. The highest BCUT2D eigenvalue weighted by Crippen LogP contribution is 2.25. The van der Waals surface area contributed by atoms with Gasteiger partial charge in [0.15, 0.2) is 0 Å². The van der Waals surface area contributed by atoms with E-state index >= 15 is 0 Å². The number of nitrogens with zero attached hydrogens (tertiary/aromatic N) is 1. The second-order valence-electron chi connectivity index (χ2n) is 3.72. The zero-order valence-corrected chi connectivity index (χ0v) is 9.12. The Labute approximate surface area is 94.2 Å². The van der Waals surface area contributed by atoms with E-state index in [1.807, 2.05) is 6.07 Å². The molecule has 0 saturated carbocycles. The van der Waals surface area contributed by atoms with Gasteiger partial charge in [-0.2, -0.15) is 0 Å². The fraction of sp³-hybridized carbons (Fsp3) is 0.364. The first kappa shape index (κ1) is 10.8. The molecular formula is C11H14N3O2. The van der Waals surface area contributed by atoms with Gasteiger partial charge in [0.05, 0.1) is 12.3 Å². The number of ether oxygens (including phenoxy) is 1. The minimum absolute atomic E-state index is 0.129. The van der Waals surface area contributed by atoms with Crippen molar-refractivity contribution in [2.75, 3.05) is 25.6 Å². The summed E-state index contributed by atoms with van der Waals surface area (Å²) < 4.78 is 4.95. The van der Waals surface area contributed by atoms with Gasteiger partial charge in [0.1, 0.15) is 0 Å². The number of fused-ring (bicyclic) bond motifs is 1. The van der Waals surface area contributed by atoms with E-state index in [1.165, 1.54) is 0 Å². The Kier molecular flexibility index (Phi) is 2.96. The zero-order chi connectivity index (χ0) is 11.5. The van der Waals surface area contributed by atoms with Gasteiger partial charge in [0.25, 0.3) is 0 Å². The number of urea groups is 1. The lowest BCUT2D eigenvalue weighted by Crippen LogP contribution is -2.40. The number of amides is 2. The molecule has 1 aromatic rings. The van der Waals surface area contributed by atoms with Crippen LogP contribution in [0.4, 0.5) is 16.2 Å². The molecule has 0 atom stereocenters. The molecule has 0 spiro atoms. The summed E-state index contributed by atoms with van der Waals surface area (Å²) in [5, 5.41) is 2.77. The molecule has 0 aliphatic carbocycles. The maximum atomic E-state index is 11.7. The second kappa shape index (κ2) is 4.40. The van der Waals surface area contributed by atoms with Crippen molar-refractivity contribution in [2.45, 2.75) is 6.54 Å². The smallest absolute Gasteiger partial charge is 0.322 e. The van der Waals surface area contributed by atoms with Crippen LogP contribution in [0.15, 0.2) is 18.2 Å². The highest BCUT2D eigenvalue weighted by molar-refractivity contribution is 5.92. The molecule has 85 valence electrons. The second-order valence-corrected chi connectivity index (χ2v) is 3.72. The first-order valence-corrected chi connectivity index (χ1v) is 5.10. The molecule has 2 amide bonds. The van der Waals surface area contributed by atoms with Gasteiger partial charge in [0, 0.05) is 25.9 Å². The molecule has 2 rings (SSSR count). The Bertz CT molecular complexity index is 406. The van der Waals surface area contributed by atoms with E-state index in [4.69, 9.17) is 10.5 Å². The summed E-state index contributed by atoms with van der Waals surface area (Å²) in [7, 11) is 1.61. The van der Waals surface area contributed by atoms with Gasteiger partial charge in [-0.15, -0.1) is 0 Å². The Hall–Kier alpha value is -1.75. The summed E-state index contributed by atoms with van der Waals surface area (Å²) in [5.74, 6) is 0. The summed E-state index contributed by atoms with van der Waals surface area (Å²) in [6.07, 6.45) is 0. The summed E-state index contributed by atoms with van der Waals surface area (Å²) in [6.45, 7) is 1.68. The van der Waals surface area contributed by atoms with E-state index in [9.17, 15) is 4.79 Å². The summed E-state index contributed by atoms with van der Waals surface area (Å²) in [5.41, 5.74) is 9.66. The van der Waals surface area contributed by atoms with Gasteiger partial charge in [-0.25, -0.2) is 4.79 Å². The van der Waals surface area contributed by atoms with E-state index < -0.39 is 0 Å². The van der Waals surface area contributed by atoms with Crippen LogP contribution < -0.4 is 11.1 Å². The van der Waals surface area contributed by atoms with Crippen LogP contribution in [0.1, 0.15) is 5.56 Å². The molecule has 16 heavy (non-hydrogen) atoms. The normalized spacial score (nSPS) is 14.6. The Morgan fingerprint density at radius 1 is 1.56 bits per heavy atom. The van der Waals surface area contributed by atoms with E-state index in [1.54, 1.807) is 24.1 Å². The Balaban J connectivity index is 2.15. The van der Waals surface area contributed by atoms with E-state index in [0.717, 1.165) is 11.3 Å². The summed E-state index contributed by atoms with van der Waals surface area (Å²) in [4.78, 5) is 13.4. The van der Waals surface area contributed by atoms with Crippen LogP contribution >= 0.6 is 0 Å². The molecule has 1 aliphatic heterocycles. The molecule has 1 aliphatic rings. The van der Waals surface area contributed by atoms with E-state index in [-0.39, 0.29) is 6.03 Å². The lowest BCUT2D eigenvalue weighted by atomic mass is 10.1. The van der Waals surface area contributed by atoms with Crippen molar-refractivity contribution in [2.24, 2.45) is 0 Å². The lowest BCUT2D eigenvalue weighted by molar-refractivity contribution is 0.151. The quantitative estimate of drug-likeness (QED) is 0.840. The molecule has 1 radical (unpaired) electrons. The van der Waals surface area contributed by atoms with Crippen molar-refractivity contribution in [3.8, 4) is 0 Å².